The van der Waals surface area contributed by atoms with Gasteiger partial charge < -0.3 is 14.0 Å². The molecule has 42 heavy (non-hydrogen) atoms. The number of ether oxygens (including phenoxy) is 2. The molecular formula is C33H36N6O3. The highest BCUT2D eigenvalue weighted by Crippen LogP contribution is 2.30. The number of carbonyl (C=O) groups is 1. The average Bonchev–Trinajstić information content (AvgIpc) is 3.58. The van der Waals surface area contributed by atoms with Gasteiger partial charge in [-0.15, -0.1) is 0 Å². The summed E-state index contributed by atoms with van der Waals surface area (Å²) in [6.07, 6.45) is 7.20. The number of aryl methyl sites for hydroxylation is 1. The molecule has 0 amide bonds. The van der Waals surface area contributed by atoms with Gasteiger partial charge in [-0.2, -0.15) is 5.10 Å². The Kier molecular flexibility index (Phi) is 7.44. The molecule has 7 rings (SSSR count). The molecule has 0 aliphatic carbocycles. The molecule has 1 unspecified atom stereocenters. The van der Waals surface area contributed by atoms with Crippen LogP contribution in [-0.2, 0) is 30.9 Å². The van der Waals surface area contributed by atoms with Crippen molar-refractivity contribution in [1.29, 1.82) is 0 Å². The predicted molar refractivity (Wildman–Crippen MR) is 160 cm³/mol. The van der Waals surface area contributed by atoms with E-state index in [1.807, 2.05) is 41.0 Å². The summed E-state index contributed by atoms with van der Waals surface area (Å²) in [5.74, 6) is 2.09. The van der Waals surface area contributed by atoms with E-state index in [1.165, 1.54) is 0 Å². The second-order valence-corrected chi connectivity index (χ2v) is 11.4. The molecule has 2 aliphatic rings. The highest BCUT2D eigenvalue weighted by atomic mass is 16.5. The van der Waals surface area contributed by atoms with Crippen molar-refractivity contribution in [3.8, 4) is 5.88 Å². The lowest BCUT2D eigenvalue weighted by Gasteiger charge is -2.32. The maximum Gasteiger partial charge on any atom is 0.213 e. The highest BCUT2D eigenvalue weighted by Gasteiger charge is 2.26. The van der Waals surface area contributed by atoms with Gasteiger partial charge in [-0.25, -0.2) is 14.5 Å². The Bertz CT molecular complexity index is 1710. The molecule has 6 heterocycles. The first-order chi connectivity index (χ1) is 20.6. The van der Waals surface area contributed by atoms with E-state index in [-0.39, 0.29) is 6.10 Å². The standard InChI is InChI=1S/C33H36N6O3/c1-2-26-17-27-8-6-24(18-39(27)36-26)22-42-33-5-3-4-29(35-33)25-10-13-37(14-11-25)20-32-34-30-9-7-23(21-40)16-31(30)38(32)19-28-12-15-41-28/h3-9,16-18,21,25,28H,2,10-15,19-20,22H2,1H3. The summed E-state index contributed by atoms with van der Waals surface area (Å²) in [6.45, 7) is 6.89. The molecule has 4 aromatic heterocycles. The molecule has 216 valence electrons. The smallest absolute Gasteiger partial charge is 0.213 e. The third-order valence-corrected chi connectivity index (χ3v) is 8.60. The molecule has 2 aliphatic heterocycles. The van der Waals surface area contributed by atoms with Gasteiger partial charge in [0, 0.05) is 41.6 Å². The van der Waals surface area contributed by atoms with Gasteiger partial charge in [-0.1, -0.05) is 19.1 Å². The van der Waals surface area contributed by atoms with Crippen LogP contribution in [0.5, 0.6) is 5.88 Å². The average molecular weight is 565 g/mol. The van der Waals surface area contributed by atoms with Gasteiger partial charge in [0.25, 0.3) is 0 Å². The Hall–Kier alpha value is -4.08. The third-order valence-electron chi connectivity index (χ3n) is 8.60. The molecule has 9 heteroatoms. The monoisotopic (exact) mass is 564 g/mol. The van der Waals surface area contributed by atoms with E-state index in [2.05, 4.69) is 45.8 Å². The number of hydrogen-bond donors (Lipinski definition) is 0. The molecule has 0 bridgehead atoms. The minimum absolute atomic E-state index is 0.217. The molecular weight excluding hydrogens is 528 g/mol. The number of benzene rings is 1. The van der Waals surface area contributed by atoms with Crippen molar-refractivity contribution >= 4 is 22.8 Å². The van der Waals surface area contributed by atoms with Crippen molar-refractivity contribution in [3.63, 3.8) is 0 Å². The minimum Gasteiger partial charge on any atom is -0.473 e. The fourth-order valence-electron chi connectivity index (χ4n) is 6.04. The number of imidazole rings is 1. The zero-order valence-electron chi connectivity index (χ0n) is 24.0. The summed E-state index contributed by atoms with van der Waals surface area (Å²) in [6, 6.07) is 18.1. The van der Waals surface area contributed by atoms with Gasteiger partial charge in [0.15, 0.2) is 0 Å². The van der Waals surface area contributed by atoms with Crippen LogP contribution in [-0.4, -0.2) is 61.1 Å². The second kappa shape index (κ2) is 11.7. The summed E-state index contributed by atoms with van der Waals surface area (Å²) < 4.78 is 16.0. The molecule has 9 nitrogen and oxygen atoms in total. The summed E-state index contributed by atoms with van der Waals surface area (Å²) in [5.41, 5.74) is 6.96. The molecule has 0 saturated carbocycles. The molecule has 0 radical (unpaired) electrons. The first kappa shape index (κ1) is 26.8. The SMILES string of the molecule is CCc1cc2ccc(COc3cccc(C4CCN(Cc5nc6ccc(C=O)cc6n5CC5CCO5)CC4)n3)cn2n1. The first-order valence-corrected chi connectivity index (χ1v) is 15.0. The third kappa shape index (κ3) is 5.54. The maximum atomic E-state index is 11.4. The van der Waals surface area contributed by atoms with E-state index >= 15 is 0 Å². The van der Waals surface area contributed by atoms with Gasteiger partial charge in [0.05, 0.1) is 41.4 Å². The Morgan fingerprint density at radius 1 is 1.05 bits per heavy atom. The number of likely N-dealkylation sites (tertiary alicyclic amines) is 1. The van der Waals surface area contributed by atoms with Crippen LogP contribution in [0.25, 0.3) is 16.6 Å². The van der Waals surface area contributed by atoms with Crippen LogP contribution in [0.3, 0.4) is 0 Å². The molecule has 1 atom stereocenters. The van der Waals surface area contributed by atoms with Crippen LogP contribution in [0.4, 0.5) is 0 Å². The second-order valence-electron chi connectivity index (χ2n) is 11.4. The molecule has 1 aromatic carbocycles. The molecule has 2 saturated heterocycles. The van der Waals surface area contributed by atoms with Crippen molar-refractivity contribution in [1.82, 2.24) is 29.0 Å². The molecule has 2 fully saturated rings. The van der Waals surface area contributed by atoms with E-state index in [1.54, 1.807) is 0 Å². The molecule has 5 aromatic rings. The van der Waals surface area contributed by atoms with E-state index in [0.717, 1.165) is 104 Å². The number of piperidine rings is 1. The lowest BCUT2D eigenvalue weighted by molar-refractivity contribution is -0.0592. The topological polar surface area (TPSA) is 86.8 Å². The van der Waals surface area contributed by atoms with E-state index in [4.69, 9.17) is 19.4 Å². The van der Waals surface area contributed by atoms with Crippen LogP contribution in [0.1, 0.15) is 65.2 Å². The Morgan fingerprint density at radius 3 is 2.71 bits per heavy atom. The molecule has 0 N–H and O–H groups in total. The van der Waals surface area contributed by atoms with Crippen molar-refractivity contribution in [2.24, 2.45) is 0 Å². The van der Waals surface area contributed by atoms with Crippen molar-refractivity contribution in [2.45, 2.75) is 64.3 Å². The lowest BCUT2D eigenvalue weighted by Crippen LogP contribution is -2.35. The zero-order chi connectivity index (χ0) is 28.5. The number of aromatic nitrogens is 5. The van der Waals surface area contributed by atoms with Crippen molar-refractivity contribution in [2.75, 3.05) is 19.7 Å². The van der Waals surface area contributed by atoms with E-state index in [0.29, 0.717) is 24.0 Å². The zero-order valence-corrected chi connectivity index (χ0v) is 24.0. The van der Waals surface area contributed by atoms with Crippen molar-refractivity contribution in [3.05, 3.63) is 89.1 Å². The Balaban J connectivity index is 0.988. The maximum absolute atomic E-state index is 11.4. The fourth-order valence-corrected chi connectivity index (χ4v) is 6.04. The number of hydrogen-bond acceptors (Lipinski definition) is 7. The Morgan fingerprint density at radius 2 is 1.93 bits per heavy atom. The van der Waals surface area contributed by atoms with Crippen LogP contribution < -0.4 is 4.74 Å². The normalized spacial score (nSPS) is 18.0. The van der Waals surface area contributed by atoms with Crippen LogP contribution in [0.2, 0.25) is 0 Å². The van der Waals surface area contributed by atoms with Gasteiger partial charge >= 0.3 is 0 Å². The number of aldehydes is 1. The van der Waals surface area contributed by atoms with Crippen LogP contribution >= 0.6 is 0 Å². The lowest BCUT2D eigenvalue weighted by atomic mass is 9.93. The van der Waals surface area contributed by atoms with Crippen LogP contribution in [0.15, 0.2) is 60.8 Å². The molecule has 0 spiro atoms. The van der Waals surface area contributed by atoms with Gasteiger partial charge in [0.2, 0.25) is 5.88 Å². The fraction of sp³-hybridized carbons (Fsp3) is 0.394. The van der Waals surface area contributed by atoms with Gasteiger partial charge in [-0.05, 0) is 75.2 Å². The summed E-state index contributed by atoms with van der Waals surface area (Å²) in [4.78, 5) is 23.7. The largest absolute Gasteiger partial charge is 0.473 e. The quantitative estimate of drug-likeness (QED) is 0.216. The number of rotatable bonds is 10. The summed E-state index contributed by atoms with van der Waals surface area (Å²) >= 11 is 0. The first-order valence-electron chi connectivity index (χ1n) is 15.0. The summed E-state index contributed by atoms with van der Waals surface area (Å²) in [5, 5.41) is 4.61. The van der Waals surface area contributed by atoms with Crippen molar-refractivity contribution < 1.29 is 14.3 Å². The van der Waals surface area contributed by atoms with E-state index < -0.39 is 0 Å². The predicted octanol–water partition coefficient (Wildman–Crippen LogP) is 5.20. The number of carbonyl (C=O) groups excluding carboxylic acids is 1. The van der Waals surface area contributed by atoms with Gasteiger partial charge in [0.1, 0.15) is 18.7 Å². The van der Waals surface area contributed by atoms with E-state index in [9.17, 15) is 4.79 Å². The van der Waals surface area contributed by atoms with Gasteiger partial charge in [-0.3, -0.25) is 9.69 Å². The number of nitrogens with zero attached hydrogens (tertiary/aromatic N) is 6. The summed E-state index contributed by atoms with van der Waals surface area (Å²) in [7, 11) is 0. The van der Waals surface area contributed by atoms with Crippen LogP contribution in [0, 0.1) is 0 Å². The number of fused-ring (bicyclic) bond motifs is 2. The highest BCUT2D eigenvalue weighted by molar-refractivity contribution is 5.85. The number of pyridine rings is 2. The Labute approximate surface area is 245 Å². The minimum atomic E-state index is 0.217.